The fourth-order valence-electron chi connectivity index (χ4n) is 3.32. The van der Waals surface area contributed by atoms with E-state index in [4.69, 9.17) is 29.8 Å². The van der Waals surface area contributed by atoms with Gasteiger partial charge in [0.25, 0.3) is 0 Å². The molecule has 0 bridgehead atoms. The van der Waals surface area contributed by atoms with Gasteiger partial charge in [-0.05, 0) is 47.7 Å². The molecule has 0 aliphatic heterocycles. The summed E-state index contributed by atoms with van der Waals surface area (Å²) in [5.41, 5.74) is 7.58. The van der Waals surface area contributed by atoms with Crippen LogP contribution in [0, 0.1) is 5.92 Å². The highest BCUT2D eigenvalue weighted by Crippen LogP contribution is 2.27. The lowest BCUT2D eigenvalue weighted by atomic mass is 10.0. The van der Waals surface area contributed by atoms with Crippen molar-refractivity contribution in [3.05, 3.63) is 53.6 Å². The molecule has 5 N–H and O–H groups in total. The molecule has 0 aliphatic rings. The summed E-state index contributed by atoms with van der Waals surface area (Å²) >= 11 is 0. The summed E-state index contributed by atoms with van der Waals surface area (Å²) in [6.07, 6.45) is -4.50. The Bertz CT molecular complexity index is 1200. The molecule has 0 heterocycles. The Kier molecular flexibility index (Phi) is 14.0. The van der Waals surface area contributed by atoms with Gasteiger partial charge in [-0.2, -0.15) is 13.2 Å². The first-order chi connectivity index (χ1) is 19.2. The van der Waals surface area contributed by atoms with Crippen LogP contribution in [0.25, 0.3) is 0 Å². The Morgan fingerprint density at radius 1 is 0.976 bits per heavy atom. The van der Waals surface area contributed by atoms with Gasteiger partial charge in [0.1, 0.15) is 11.8 Å². The molecule has 14 heteroatoms. The molecule has 2 aromatic carbocycles. The van der Waals surface area contributed by atoms with Crippen molar-refractivity contribution in [2.75, 3.05) is 21.3 Å². The average molecular weight is 585 g/mol. The number of aliphatic carboxylic acids is 1. The topological polar surface area (TPSA) is 162 Å². The van der Waals surface area contributed by atoms with E-state index in [0.29, 0.717) is 23.7 Å². The van der Waals surface area contributed by atoms with E-state index in [0.717, 1.165) is 11.1 Å². The molecule has 0 saturated heterocycles. The van der Waals surface area contributed by atoms with Gasteiger partial charge >= 0.3 is 12.1 Å². The number of carboxylic acid groups (broad SMARTS) is 1. The molecular weight excluding hydrogens is 549 g/mol. The minimum Gasteiger partial charge on any atom is -0.497 e. The zero-order valence-electron chi connectivity index (χ0n) is 23.4. The summed E-state index contributed by atoms with van der Waals surface area (Å²) in [5, 5.41) is 12.6. The maximum Gasteiger partial charge on any atom is 0.490 e. The van der Waals surface area contributed by atoms with E-state index in [1.54, 1.807) is 51.7 Å². The molecule has 0 unspecified atom stereocenters. The molecule has 41 heavy (non-hydrogen) atoms. The third-order valence-corrected chi connectivity index (χ3v) is 5.22. The predicted molar refractivity (Wildman–Crippen MR) is 145 cm³/mol. The Labute approximate surface area is 235 Å². The van der Waals surface area contributed by atoms with Crippen LogP contribution in [0.3, 0.4) is 0 Å². The fraction of sp³-hybridized carbons (Fsp3) is 0.407. The molecule has 2 aromatic rings. The minimum absolute atomic E-state index is 0.0974. The van der Waals surface area contributed by atoms with Crippen molar-refractivity contribution in [2.45, 2.75) is 45.5 Å². The first-order valence-electron chi connectivity index (χ1n) is 12.2. The number of aliphatic imine (C=N–C) groups is 1. The lowest BCUT2D eigenvalue weighted by Gasteiger charge is -2.17. The number of guanidine groups is 1. The number of methoxy groups -OCH3 is 3. The van der Waals surface area contributed by atoms with Gasteiger partial charge in [-0.25, -0.2) is 9.79 Å². The van der Waals surface area contributed by atoms with Crippen molar-refractivity contribution < 1.29 is 46.9 Å². The molecule has 0 radical (unpaired) electrons. The number of ether oxygens (including phenoxy) is 3. The second kappa shape index (κ2) is 16.6. The van der Waals surface area contributed by atoms with E-state index in [9.17, 15) is 22.8 Å². The summed E-state index contributed by atoms with van der Waals surface area (Å²) in [6, 6.07) is 11.9. The number of carbonyl (C=O) groups is 3. The van der Waals surface area contributed by atoms with Crippen LogP contribution in [0.4, 0.5) is 13.2 Å². The fourth-order valence-corrected chi connectivity index (χ4v) is 3.32. The normalized spacial score (nSPS) is 12.0. The van der Waals surface area contributed by atoms with Gasteiger partial charge in [0.05, 0.1) is 27.8 Å². The minimum atomic E-state index is -5.08. The number of hydrogen-bond donors (Lipinski definition) is 4. The monoisotopic (exact) mass is 584 g/mol. The van der Waals surface area contributed by atoms with Crippen molar-refractivity contribution in [2.24, 2.45) is 16.6 Å². The van der Waals surface area contributed by atoms with Crippen LogP contribution in [-0.2, 0) is 27.3 Å². The second-order valence-electron chi connectivity index (χ2n) is 8.95. The number of nitrogens with zero attached hydrogens (tertiary/aromatic N) is 1. The summed E-state index contributed by atoms with van der Waals surface area (Å²) in [5.74, 6) is -1.42. The number of halogens is 3. The number of benzene rings is 2. The van der Waals surface area contributed by atoms with Gasteiger partial charge < -0.3 is 30.4 Å². The number of nitrogens with one attached hydrogen (secondary N) is 2. The number of carboxylic acids is 1. The third-order valence-electron chi connectivity index (χ3n) is 5.22. The summed E-state index contributed by atoms with van der Waals surface area (Å²) in [6.45, 7) is 4.26. The summed E-state index contributed by atoms with van der Waals surface area (Å²) < 4.78 is 47.5. The number of amides is 2. The molecule has 0 fully saturated rings. The molecule has 1 atom stereocenters. The smallest absolute Gasteiger partial charge is 0.490 e. The first kappa shape index (κ1) is 34.5. The van der Waals surface area contributed by atoms with Crippen molar-refractivity contribution in [1.82, 2.24) is 10.6 Å². The van der Waals surface area contributed by atoms with E-state index in [-0.39, 0.29) is 36.7 Å². The van der Waals surface area contributed by atoms with Crippen molar-refractivity contribution >= 4 is 23.7 Å². The Hall–Kier alpha value is -4.49. The molecule has 2 rings (SSSR count). The number of alkyl halides is 3. The van der Waals surface area contributed by atoms with Crippen LogP contribution in [0.2, 0.25) is 0 Å². The molecule has 0 spiro atoms. The van der Waals surface area contributed by atoms with Gasteiger partial charge in [0.15, 0.2) is 17.5 Å². The summed E-state index contributed by atoms with van der Waals surface area (Å²) in [4.78, 5) is 38.4. The van der Waals surface area contributed by atoms with Crippen LogP contribution >= 0.6 is 0 Å². The Morgan fingerprint density at radius 2 is 1.61 bits per heavy atom. The number of nitrogens with two attached hydrogens (primary N) is 1. The van der Waals surface area contributed by atoms with Gasteiger partial charge in [-0.15, -0.1) is 0 Å². The largest absolute Gasteiger partial charge is 0.497 e. The zero-order chi connectivity index (χ0) is 31.2. The van der Waals surface area contributed by atoms with Crippen LogP contribution in [-0.4, -0.2) is 62.4 Å². The molecule has 11 nitrogen and oxygen atoms in total. The standard InChI is InChI=1S/C25H34N4O5.C2HF3O2/c1-16(2)11-20(24(31)27-15-18-9-10-21(33-4)22(13-18)34-5)28-25(26)29-23(30)14-17-7-6-8-19(12-17)32-3;3-2(4,5)1(6)7/h6-10,12-13,16,20H,11,14-15H2,1-5H3,(H,27,31)(H3,26,28,29,30);(H,6,7)/t20-;/m1./s1. The van der Waals surface area contributed by atoms with E-state index >= 15 is 0 Å². The van der Waals surface area contributed by atoms with Crippen molar-refractivity contribution in [1.29, 1.82) is 0 Å². The molecule has 0 aromatic heterocycles. The quantitative estimate of drug-likeness (QED) is 0.232. The SMILES string of the molecule is COc1cccc(CC(=O)NC(N)=N[C@H](CC(C)C)C(=O)NCc2ccc(OC)c(OC)c2)c1.O=C(O)C(F)(F)F. The van der Waals surface area contributed by atoms with Gasteiger partial charge in [-0.3, -0.25) is 14.9 Å². The molecular formula is C27H35F3N4O7. The number of hydrogen-bond acceptors (Lipinski definition) is 7. The van der Waals surface area contributed by atoms with E-state index in [1.165, 1.54) is 0 Å². The van der Waals surface area contributed by atoms with Crippen molar-refractivity contribution in [3.63, 3.8) is 0 Å². The average Bonchev–Trinajstić information content (AvgIpc) is 2.90. The highest BCUT2D eigenvalue weighted by atomic mass is 19.4. The highest BCUT2D eigenvalue weighted by Gasteiger charge is 2.38. The molecule has 2 amide bonds. The van der Waals surface area contributed by atoms with Crippen LogP contribution in [0.15, 0.2) is 47.5 Å². The second-order valence-corrected chi connectivity index (χ2v) is 8.95. The predicted octanol–water partition coefficient (Wildman–Crippen LogP) is 3.05. The lowest BCUT2D eigenvalue weighted by Crippen LogP contribution is -2.41. The number of rotatable bonds is 11. The van der Waals surface area contributed by atoms with Gasteiger partial charge in [0, 0.05) is 6.54 Å². The summed E-state index contributed by atoms with van der Waals surface area (Å²) in [7, 11) is 4.68. The van der Waals surface area contributed by atoms with Crippen LogP contribution in [0.1, 0.15) is 31.4 Å². The van der Waals surface area contributed by atoms with Crippen molar-refractivity contribution in [3.8, 4) is 17.2 Å². The van der Waals surface area contributed by atoms with E-state index in [2.05, 4.69) is 15.6 Å². The highest BCUT2D eigenvalue weighted by molar-refractivity contribution is 5.98. The Morgan fingerprint density at radius 3 is 2.15 bits per heavy atom. The molecule has 226 valence electrons. The van der Waals surface area contributed by atoms with Gasteiger partial charge in [-0.1, -0.05) is 32.0 Å². The van der Waals surface area contributed by atoms with Gasteiger partial charge in [0.2, 0.25) is 11.8 Å². The van der Waals surface area contributed by atoms with Crippen LogP contribution in [0.5, 0.6) is 17.2 Å². The maximum absolute atomic E-state index is 12.9. The zero-order valence-corrected chi connectivity index (χ0v) is 23.4. The number of carbonyl (C=O) groups excluding carboxylic acids is 2. The van der Waals surface area contributed by atoms with Crippen LogP contribution < -0.4 is 30.6 Å². The molecule has 0 saturated carbocycles. The molecule has 0 aliphatic carbocycles. The third kappa shape index (κ3) is 12.9. The Balaban J connectivity index is 0.00000106. The van der Waals surface area contributed by atoms with E-state index < -0.39 is 18.2 Å². The first-order valence-corrected chi connectivity index (χ1v) is 12.2. The van der Waals surface area contributed by atoms with E-state index in [1.807, 2.05) is 26.0 Å². The maximum atomic E-state index is 12.9. The lowest BCUT2D eigenvalue weighted by molar-refractivity contribution is -0.192.